The number of thiocarbonyl (C=S) groups is 1. The summed E-state index contributed by atoms with van der Waals surface area (Å²) in [5.41, 5.74) is 1.90. The van der Waals surface area contributed by atoms with Crippen molar-refractivity contribution < 1.29 is 14.2 Å². The number of benzene rings is 2. The average molecular weight is 356 g/mol. The summed E-state index contributed by atoms with van der Waals surface area (Å²) in [7, 11) is 4.76. The Kier molecular flexibility index (Phi) is 5.19. The van der Waals surface area contributed by atoms with Crippen LogP contribution in [0, 0.1) is 0 Å². The van der Waals surface area contributed by atoms with Crippen LogP contribution < -0.4 is 19.5 Å². The number of methoxy groups -OCH3 is 3. The fraction of sp³-hybridized carbons (Fsp3) is 0.263. The molecule has 0 spiro atoms. The van der Waals surface area contributed by atoms with Crippen molar-refractivity contribution >= 4 is 22.9 Å². The van der Waals surface area contributed by atoms with E-state index >= 15 is 0 Å². The Morgan fingerprint density at radius 3 is 2.24 bits per heavy atom. The third-order valence-corrected chi connectivity index (χ3v) is 4.55. The van der Waals surface area contributed by atoms with Crippen LogP contribution in [0.5, 0.6) is 17.2 Å². The highest BCUT2D eigenvalue weighted by Crippen LogP contribution is 2.38. The van der Waals surface area contributed by atoms with Gasteiger partial charge in [-0.3, -0.25) is 4.99 Å². The van der Waals surface area contributed by atoms with Crippen molar-refractivity contribution in [2.24, 2.45) is 4.99 Å². The first-order valence-electron chi connectivity index (χ1n) is 7.89. The molecule has 1 unspecified atom stereocenters. The van der Waals surface area contributed by atoms with Crippen LogP contribution in [-0.2, 0) is 0 Å². The molecule has 0 amide bonds. The molecule has 0 bridgehead atoms. The van der Waals surface area contributed by atoms with Gasteiger partial charge < -0.3 is 19.5 Å². The molecule has 0 aliphatic carbocycles. The van der Waals surface area contributed by atoms with Gasteiger partial charge in [-0.2, -0.15) is 0 Å². The summed E-state index contributed by atoms with van der Waals surface area (Å²) in [4.78, 5) is 5.47. The molecule has 130 valence electrons. The predicted octanol–water partition coefficient (Wildman–Crippen LogP) is 2.85. The highest BCUT2D eigenvalue weighted by Gasteiger charge is 2.24. The van der Waals surface area contributed by atoms with E-state index in [1.807, 2.05) is 42.5 Å². The Morgan fingerprint density at radius 1 is 1.04 bits per heavy atom. The summed E-state index contributed by atoms with van der Waals surface area (Å²) in [6.07, 6.45) is 0. The average Bonchev–Trinajstić information content (AvgIpc) is 3.17. The first-order chi connectivity index (χ1) is 12.2. The second-order valence-corrected chi connectivity index (χ2v) is 5.96. The molecule has 3 rings (SSSR count). The van der Waals surface area contributed by atoms with Crippen LogP contribution in [0.3, 0.4) is 0 Å². The zero-order valence-corrected chi connectivity index (χ0v) is 15.2. The Hall–Kier alpha value is -2.60. The maximum Gasteiger partial charge on any atom is 0.203 e. The van der Waals surface area contributed by atoms with Gasteiger partial charge in [-0.05, 0) is 17.7 Å². The molecule has 0 saturated carbocycles. The van der Waals surface area contributed by atoms with Crippen LogP contribution in [0.1, 0.15) is 11.1 Å². The maximum absolute atomic E-state index is 5.68. The van der Waals surface area contributed by atoms with E-state index in [2.05, 4.69) is 5.32 Å². The van der Waals surface area contributed by atoms with Crippen LogP contribution in [-0.4, -0.2) is 44.6 Å². The van der Waals surface area contributed by atoms with Gasteiger partial charge in [0.2, 0.25) is 5.75 Å². The van der Waals surface area contributed by atoms with Crippen molar-refractivity contribution in [2.45, 2.75) is 6.04 Å². The topological polar surface area (TPSA) is 52.1 Å². The van der Waals surface area contributed by atoms with E-state index in [1.54, 1.807) is 21.3 Å². The minimum absolute atomic E-state index is 0.118. The van der Waals surface area contributed by atoms with Gasteiger partial charge in [0, 0.05) is 17.0 Å². The van der Waals surface area contributed by atoms with Gasteiger partial charge in [0.05, 0.1) is 21.3 Å². The summed E-state index contributed by atoms with van der Waals surface area (Å²) >= 11 is 5.68. The van der Waals surface area contributed by atoms with Crippen LogP contribution in [0.15, 0.2) is 47.5 Å². The molecule has 6 heteroatoms. The van der Waals surface area contributed by atoms with Crippen molar-refractivity contribution in [2.75, 3.05) is 27.9 Å². The molecule has 1 heterocycles. The minimum Gasteiger partial charge on any atom is -0.493 e. The lowest BCUT2D eigenvalue weighted by Crippen LogP contribution is -2.26. The Bertz CT molecular complexity index is 781. The van der Waals surface area contributed by atoms with Crippen molar-refractivity contribution in [3.63, 3.8) is 0 Å². The number of nitrogens with zero attached hydrogens (tertiary/aromatic N) is 1. The lowest BCUT2D eigenvalue weighted by atomic mass is 10.0. The van der Waals surface area contributed by atoms with Gasteiger partial charge in [0.25, 0.3) is 0 Å². The highest BCUT2D eigenvalue weighted by atomic mass is 32.1. The van der Waals surface area contributed by atoms with Gasteiger partial charge >= 0.3 is 0 Å². The molecule has 2 aromatic carbocycles. The van der Waals surface area contributed by atoms with E-state index in [0.29, 0.717) is 23.8 Å². The summed E-state index contributed by atoms with van der Waals surface area (Å²) < 4.78 is 16.2. The Balaban J connectivity index is 1.90. The fourth-order valence-electron chi connectivity index (χ4n) is 2.78. The number of hydrogen-bond donors (Lipinski definition) is 1. The normalized spacial score (nSPS) is 16.0. The fourth-order valence-corrected chi connectivity index (χ4v) is 3.03. The van der Waals surface area contributed by atoms with E-state index < -0.39 is 0 Å². The second kappa shape index (κ2) is 7.53. The van der Waals surface area contributed by atoms with E-state index in [0.717, 1.165) is 21.8 Å². The Morgan fingerprint density at radius 2 is 1.68 bits per heavy atom. The number of ether oxygens (including phenoxy) is 3. The third kappa shape index (κ3) is 3.44. The molecular formula is C19H20N2O3S. The lowest BCUT2D eigenvalue weighted by molar-refractivity contribution is 0.324. The number of nitrogens with one attached hydrogen (secondary N) is 1. The zero-order valence-electron chi connectivity index (χ0n) is 14.4. The molecule has 0 saturated heterocycles. The van der Waals surface area contributed by atoms with Crippen molar-refractivity contribution in [3.05, 3.63) is 53.6 Å². The van der Waals surface area contributed by atoms with Crippen LogP contribution in [0.4, 0.5) is 0 Å². The third-order valence-electron chi connectivity index (χ3n) is 4.05. The minimum atomic E-state index is -0.118. The number of aliphatic imine (C=N–C) groups is 1. The SMILES string of the molecule is COc1cc(C(=S)C2CNC(c3ccccc3)=N2)cc(OC)c1OC. The van der Waals surface area contributed by atoms with E-state index in [-0.39, 0.29) is 6.04 Å². The molecule has 0 aromatic heterocycles. The molecule has 1 aliphatic heterocycles. The van der Waals surface area contributed by atoms with Gasteiger partial charge in [-0.25, -0.2) is 0 Å². The van der Waals surface area contributed by atoms with Crippen LogP contribution in [0.25, 0.3) is 0 Å². The molecule has 2 aromatic rings. The summed E-state index contributed by atoms with van der Waals surface area (Å²) in [5, 5.41) is 3.33. The largest absolute Gasteiger partial charge is 0.493 e. The first kappa shape index (κ1) is 17.2. The molecule has 5 nitrogen and oxygen atoms in total. The number of amidine groups is 1. The standard InChI is InChI=1S/C19H20N2O3S/c1-22-15-9-13(10-16(23-2)17(15)24-3)18(25)14-11-20-19(21-14)12-7-5-4-6-8-12/h4-10,14H,11H2,1-3H3,(H,20,21). The summed E-state index contributed by atoms with van der Waals surface area (Å²) in [6, 6.07) is 13.6. The Labute approximate surface area is 152 Å². The lowest BCUT2D eigenvalue weighted by Gasteiger charge is -2.15. The van der Waals surface area contributed by atoms with Crippen molar-refractivity contribution in [1.29, 1.82) is 0 Å². The summed E-state index contributed by atoms with van der Waals surface area (Å²) in [5.74, 6) is 2.57. The number of rotatable bonds is 6. The van der Waals surface area contributed by atoms with Crippen molar-refractivity contribution in [3.8, 4) is 17.2 Å². The van der Waals surface area contributed by atoms with Crippen LogP contribution in [0.2, 0.25) is 0 Å². The quantitative estimate of drug-likeness (QED) is 0.637. The zero-order chi connectivity index (χ0) is 17.8. The van der Waals surface area contributed by atoms with Gasteiger partial charge in [0.1, 0.15) is 11.9 Å². The molecule has 1 aliphatic rings. The van der Waals surface area contributed by atoms with Crippen LogP contribution >= 0.6 is 12.2 Å². The van der Waals surface area contributed by atoms with Crippen molar-refractivity contribution in [1.82, 2.24) is 5.32 Å². The smallest absolute Gasteiger partial charge is 0.203 e. The van der Waals surface area contributed by atoms with E-state index in [9.17, 15) is 0 Å². The van der Waals surface area contributed by atoms with Gasteiger partial charge in [0.15, 0.2) is 11.5 Å². The van der Waals surface area contributed by atoms with Gasteiger partial charge in [-0.1, -0.05) is 42.5 Å². The highest BCUT2D eigenvalue weighted by molar-refractivity contribution is 7.81. The molecule has 0 fully saturated rings. The number of hydrogen-bond acceptors (Lipinski definition) is 6. The maximum atomic E-state index is 5.68. The van der Waals surface area contributed by atoms with E-state index in [1.165, 1.54) is 0 Å². The second-order valence-electron chi connectivity index (χ2n) is 5.52. The predicted molar refractivity (Wildman–Crippen MR) is 103 cm³/mol. The molecule has 25 heavy (non-hydrogen) atoms. The van der Waals surface area contributed by atoms with Gasteiger partial charge in [-0.15, -0.1) is 0 Å². The summed E-state index contributed by atoms with van der Waals surface area (Å²) in [6.45, 7) is 0.666. The first-order valence-corrected chi connectivity index (χ1v) is 8.30. The molecular weight excluding hydrogens is 336 g/mol. The molecule has 1 N–H and O–H groups in total. The molecule has 0 radical (unpaired) electrons. The monoisotopic (exact) mass is 356 g/mol. The molecule has 1 atom stereocenters. The van der Waals surface area contributed by atoms with E-state index in [4.69, 9.17) is 31.4 Å².